The third kappa shape index (κ3) is 6.20. The number of benzene rings is 1. The number of anilines is 1. The third-order valence-electron chi connectivity index (χ3n) is 4.29. The topological polar surface area (TPSA) is 123 Å². The van der Waals surface area contributed by atoms with Gasteiger partial charge in [-0.15, -0.1) is 0 Å². The van der Waals surface area contributed by atoms with E-state index in [1.165, 1.54) is 12.3 Å². The second-order valence-corrected chi connectivity index (χ2v) is 8.84. The second-order valence-electron chi connectivity index (χ2n) is 6.67. The van der Waals surface area contributed by atoms with Gasteiger partial charge in [0.25, 0.3) is 5.56 Å². The molecule has 0 aliphatic rings. The van der Waals surface area contributed by atoms with Crippen molar-refractivity contribution in [3.8, 4) is 0 Å². The van der Waals surface area contributed by atoms with E-state index in [1.807, 2.05) is 12.1 Å². The summed E-state index contributed by atoms with van der Waals surface area (Å²) in [5.41, 5.74) is 1.06. The fourth-order valence-corrected chi connectivity index (χ4v) is 4.21. The predicted molar refractivity (Wildman–Crippen MR) is 116 cm³/mol. The monoisotopic (exact) mass is 461 g/mol. The molecule has 0 spiro atoms. The zero-order chi connectivity index (χ0) is 22.4. The zero-order valence-electron chi connectivity index (χ0n) is 16.6. The smallest absolute Gasteiger partial charge is 0.268 e. The summed E-state index contributed by atoms with van der Waals surface area (Å²) in [5, 5.41) is 6.54. The summed E-state index contributed by atoms with van der Waals surface area (Å²) in [6.45, 7) is 1.50. The molecule has 0 unspecified atom stereocenters. The average Bonchev–Trinajstić information content (AvgIpc) is 2.72. The van der Waals surface area contributed by atoms with Crippen LogP contribution in [0.2, 0.25) is 5.02 Å². The number of aryl methyl sites for hydroxylation is 1. The first-order chi connectivity index (χ1) is 14.7. The van der Waals surface area contributed by atoms with Gasteiger partial charge in [-0.05, 0) is 36.8 Å². The van der Waals surface area contributed by atoms with Crippen molar-refractivity contribution in [1.29, 1.82) is 0 Å². The van der Waals surface area contributed by atoms with Crippen LogP contribution in [0.3, 0.4) is 0 Å². The van der Waals surface area contributed by atoms with Gasteiger partial charge in [-0.3, -0.25) is 14.6 Å². The lowest BCUT2D eigenvalue weighted by molar-refractivity contribution is -0.117. The number of carbonyl (C=O) groups is 1. The highest BCUT2D eigenvalue weighted by Gasteiger charge is 2.18. The summed E-state index contributed by atoms with van der Waals surface area (Å²) in [5.74, 6) is -0.535. The molecule has 2 aromatic heterocycles. The molecule has 0 saturated carbocycles. The Kier molecular flexibility index (Phi) is 7.16. The Hall–Kier alpha value is -3.08. The molecule has 0 saturated heterocycles. The van der Waals surface area contributed by atoms with Crippen molar-refractivity contribution >= 4 is 33.2 Å². The van der Waals surface area contributed by atoms with Gasteiger partial charge in [-0.25, -0.2) is 17.8 Å². The van der Waals surface area contributed by atoms with Crippen molar-refractivity contribution < 1.29 is 13.2 Å². The summed E-state index contributed by atoms with van der Waals surface area (Å²) in [6.07, 6.45) is 3.34. The van der Waals surface area contributed by atoms with Gasteiger partial charge in [0.15, 0.2) is 0 Å². The van der Waals surface area contributed by atoms with Gasteiger partial charge in [0.05, 0.1) is 16.1 Å². The van der Waals surface area contributed by atoms with Crippen molar-refractivity contribution in [1.82, 2.24) is 19.5 Å². The van der Waals surface area contributed by atoms with Crippen LogP contribution in [-0.2, 0) is 27.8 Å². The van der Waals surface area contributed by atoms with E-state index in [4.69, 9.17) is 11.6 Å². The SMILES string of the molecule is Cc1ccc(NC(=O)Cn2ncc(Cl)cc2=O)cc1S(=O)(=O)NCCc1ccccn1. The first-order valence-electron chi connectivity index (χ1n) is 9.27. The van der Waals surface area contributed by atoms with Gasteiger partial charge in [-0.1, -0.05) is 23.7 Å². The number of halogens is 1. The summed E-state index contributed by atoms with van der Waals surface area (Å²) < 4.78 is 29.0. The number of sulfonamides is 1. The van der Waals surface area contributed by atoms with Crippen LogP contribution in [0, 0.1) is 6.92 Å². The first-order valence-corrected chi connectivity index (χ1v) is 11.1. The van der Waals surface area contributed by atoms with Crippen LogP contribution in [0.4, 0.5) is 5.69 Å². The summed E-state index contributed by atoms with van der Waals surface area (Å²) in [4.78, 5) is 28.3. The number of aromatic nitrogens is 3. The number of rotatable bonds is 8. The van der Waals surface area contributed by atoms with E-state index in [2.05, 4.69) is 20.1 Å². The zero-order valence-corrected chi connectivity index (χ0v) is 18.2. The van der Waals surface area contributed by atoms with Gasteiger partial charge < -0.3 is 5.32 Å². The lowest BCUT2D eigenvalue weighted by Crippen LogP contribution is -2.29. The van der Waals surface area contributed by atoms with Crippen molar-refractivity contribution in [3.63, 3.8) is 0 Å². The van der Waals surface area contributed by atoms with Crippen molar-refractivity contribution in [3.05, 3.63) is 81.5 Å². The highest BCUT2D eigenvalue weighted by atomic mass is 35.5. The fraction of sp³-hybridized carbons (Fsp3) is 0.200. The molecule has 9 nitrogen and oxygen atoms in total. The van der Waals surface area contributed by atoms with Crippen molar-refractivity contribution in [2.24, 2.45) is 0 Å². The van der Waals surface area contributed by atoms with E-state index in [0.29, 0.717) is 12.0 Å². The summed E-state index contributed by atoms with van der Waals surface area (Å²) >= 11 is 5.69. The van der Waals surface area contributed by atoms with E-state index >= 15 is 0 Å². The molecular formula is C20H20ClN5O4S. The number of nitrogens with zero attached hydrogens (tertiary/aromatic N) is 3. The quantitative estimate of drug-likeness (QED) is 0.527. The Balaban J connectivity index is 1.68. The van der Waals surface area contributed by atoms with Crippen molar-refractivity contribution in [2.45, 2.75) is 24.8 Å². The van der Waals surface area contributed by atoms with Crippen LogP contribution in [0.25, 0.3) is 0 Å². The van der Waals surface area contributed by atoms with Crippen LogP contribution in [-0.4, -0.2) is 35.6 Å². The van der Waals surface area contributed by atoms with E-state index < -0.39 is 21.5 Å². The highest BCUT2D eigenvalue weighted by Crippen LogP contribution is 2.20. The maximum absolute atomic E-state index is 12.7. The predicted octanol–water partition coefficient (Wildman–Crippen LogP) is 1.76. The Morgan fingerprint density at radius 3 is 2.71 bits per heavy atom. The third-order valence-corrected chi connectivity index (χ3v) is 6.10. The number of amides is 1. The molecule has 31 heavy (non-hydrogen) atoms. The molecule has 0 radical (unpaired) electrons. The Morgan fingerprint density at radius 2 is 2.00 bits per heavy atom. The number of carbonyl (C=O) groups excluding carboxylic acids is 1. The molecule has 2 N–H and O–H groups in total. The van der Waals surface area contributed by atoms with Gasteiger partial charge >= 0.3 is 0 Å². The van der Waals surface area contributed by atoms with Crippen LogP contribution in [0.15, 0.2) is 64.5 Å². The number of nitrogens with one attached hydrogen (secondary N) is 2. The molecule has 3 rings (SSSR count). The molecule has 162 valence electrons. The average molecular weight is 462 g/mol. The largest absolute Gasteiger partial charge is 0.324 e. The minimum absolute atomic E-state index is 0.0492. The standard InChI is InChI=1S/C20H20ClN5O4S/c1-14-5-6-17(25-19(27)13-26-20(28)10-15(21)12-23-26)11-18(14)31(29,30)24-9-7-16-4-2-3-8-22-16/h2-6,8,10-12,24H,7,9,13H2,1H3,(H,25,27). The van der Waals surface area contributed by atoms with E-state index in [1.54, 1.807) is 31.3 Å². The molecule has 11 heteroatoms. The molecule has 0 fully saturated rings. The van der Waals surface area contributed by atoms with Crippen LogP contribution >= 0.6 is 11.6 Å². The molecule has 1 aromatic carbocycles. The van der Waals surface area contributed by atoms with Crippen molar-refractivity contribution in [2.75, 3.05) is 11.9 Å². The Bertz CT molecular complexity index is 1250. The highest BCUT2D eigenvalue weighted by molar-refractivity contribution is 7.89. The minimum Gasteiger partial charge on any atom is -0.324 e. The number of hydrogen-bond acceptors (Lipinski definition) is 6. The van der Waals surface area contributed by atoms with Gasteiger partial charge in [0.1, 0.15) is 6.54 Å². The minimum atomic E-state index is -3.80. The maximum atomic E-state index is 12.7. The summed E-state index contributed by atoms with van der Waals surface area (Å²) in [6, 6.07) is 11.1. The van der Waals surface area contributed by atoms with Crippen LogP contribution in [0.5, 0.6) is 0 Å². The van der Waals surface area contributed by atoms with E-state index in [9.17, 15) is 18.0 Å². The lowest BCUT2D eigenvalue weighted by Gasteiger charge is -2.12. The normalized spacial score (nSPS) is 11.3. The Morgan fingerprint density at radius 1 is 1.19 bits per heavy atom. The van der Waals surface area contributed by atoms with Gasteiger partial charge in [0.2, 0.25) is 15.9 Å². The molecular weight excluding hydrogens is 442 g/mol. The van der Waals surface area contributed by atoms with Gasteiger partial charge in [0, 0.05) is 36.6 Å². The molecule has 2 heterocycles. The van der Waals surface area contributed by atoms with Gasteiger partial charge in [-0.2, -0.15) is 5.10 Å². The number of hydrogen-bond donors (Lipinski definition) is 2. The van der Waals surface area contributed by atoms with Crippen LogP contribution < -0.4 is 15.6 Å². The molecule has 1 amide bonds. The Labute approximate surface area is 184 Å². The molecule has 0 aliphatic carbocycles. The maximum Gasteiger partial charge on any atom is 0.268 e. The molecule has 0 bridgehead atoms. The van der Waals surface area contributed by atoms with E-state index in [-0.39, 0.29) is 28.7 Å². The molecule has 0 atom stereocenters. The first kappa shape index (κ1) is 22.6. The van der Waals surface area contributed by atoms with E-state index in [0.717, 1.165) is 16.4 Å². The summed E-state index contributed by atoms with van der Waals surface area (Å²) in [7, 11) is -3.80. The number of pyridine rings is 1. The molecule has 3 aromatic rings. The molecule has 0 aliphatic heterocycles. The van der Waals surface area contributed by atoms with Crippen LogP contribution in [0.1, 0.15) is 11.3 Å². The fourth-order valence-electron chi connectivity index (χ4n) is 2.77. The lowest BCUT2D eigenvalue weighted by atomic mass is 10.2. The second kappa shape index (κ2) is 9.82.